The van der Waals surface area contributed by atoms with Crippen LogP contribution < -0.4 is 9.47 Å². The smallest absolute Gasteiger partial charge is 0.406 e. The van der Waals surface area contributed by atoms with Crippen LogP contribution in [0.1, 0.15) is 43.2 Å². The van der Waals surface area contributed by atoms with Gasteiger partial charge in [0.15, 0.2) is 0 Å². The van der Waals surface area contributed by atoms with Crippen LogP contribution in [0.3, 0.4) is 0 Å². The van der Waals surface area contributed by atoms with Gasteiger partial charge < -0.3 is 9.47 Å². The Kier molecular flexibility index (Phi) is 9.97. The lowest BCUT2D eigenvalue weighted by Crippen LogP contribution is -2.16. The van der Waals surface area contributed by atoms with Crippen molar-refractivity contribution < 1.29 is 35.8 Å². The second kappa shape index (κ2) is 13.6. The van der Waals surface area contributed by atoms with Gasteiger partial charge in [0.2, 0.25) is 0 Å². The van der Waals surface area contributed by atoms with Gasteiger partial charge in [-0.3, -0.25) is 0 Å². The highest BCUT2D eigenvalue weighted by molar-refractivity contribution is 5.65. The topological polar surface area (TPSA) is 18.5 Å². The highest BCUT2D eigenvalue weighted by Gasteiger charge is 2.31. The zero-order valence-electron chi connectivity index (χ0n) is 22.3. The molecule has 4 aromatic carbocycles. The molecule has 8 heteroatoms. The molecule has 0 N–H and O–H groups in total. The number of hydrogen-bond acceptors (Lipinski definition) is 2. The molecule has 0 unspecified atom stereocenters. The minimum absolute atomic E-state index is 0.235. The number of benzene rings is 4. The molecule has 41 heavy (non-hydrogen) atoms. The van der Waals surface area contributed by atoms with Crippen LogP contribution in [0.4, 0.5) is 26.3 Å². The monoisotopic (exact) mass is 572 g/mol. The lowest BCUT2D eigenvalue weighted by atomic mass is 9.99. The third-order valence-corrected chi connectivity index (χ3v) is 6.68. The average Bonchev–Trinajstić information content (AvgIpc) is 2.92. The van der Waals surface area contributed by atoms with E-state index in [0.29, 0.717) is 0 Å². The molecule has 0 aliphatic rings. The number of alkyl halides is 6. The first-order valence-electron chi connectivity index (χ1n) is 13.4. The predicted molar refractivity (Wildman–Crippen MR) is 148 cm³/mol. The third-order valence-electron chi connectivity index (χ3n) is 6.68. The molecule has 2 nitrogen and oxygen atoms in total. The summed E-state index contributed by atoms with van der Waals surface area (Å²) in [5.74, 6) is -0.470. The van der Waals surface area contributed by atoms with Crippen molar-refractivity contribution >= 4 is 0 Å². The average molecular weight is 573 g/mol. The summed E-state index contributed by atoms with van der Waals surface area (Å²) in [7, 11) is 0. The normalized spacial score (nSPS) is 11.9. The predicted octanol–water partition coefficient (Wildman–Crippen LogP) is 10.6. The maximum Gasteiger partial charge on any atom is 0.573 e. The number of ether oxygens (including phenoxy) is 2. The molecule has 0 aromatic heterocycles. The minimum Gasteiger partial charge on any atom is -0.406 e. The molecule has 0 aliphatic heterocycles. The van der Waals surface area contributed by atoms with E-state index in [1.165, 1.54) is 35.4 Å². The van der Waals surface area contributed by atoms with Crippen LogP contribution in [0.2, 0.25) is 0 Å². The Balaban J connectivity index is 1.12. The Morgan fingerprint density at radius 2 is 0.634 bits per heavy atom. The summed E-state index contributed by atoms with van der Waals surface area (Å²) in [6, 6.07) is 27.9. The van der Waals surface area contributed by atoms with Gasteiger partial charge in [-0.05, 0) is 83.3 Å². The number of unbranched alkanes of at least 4 members (excludes halogenated alkanes) is 4. The summed E-state index contributed by atoms with van der Waals surface area (Å²) in [5, 5.41) is 0. The zero-order valence-corrected chi connectivity index (χ0v) is 22.3. The number of aryl methyl sites for hydroxylation is 2. The zero-order chi connectivity index (χ0) is 29.3. The Morgan fingerprint density at radius 3 is 0.927 bits per heavy atom. The molecule has 0 saturated heterocycles. The summed E-state index contributed by atoms with van der Waals surface area (Å²) < 4.78 is 81.8. The van der Waals surface area contributed by atoms with Crippen molar-refractivity contribution in [3.05, 3.63) is 108 Å². The van der Waals surface area contributed by atoms with Gasteiger partial charge in [-0.25, -0.2) is 0 Å². The summed E-state index contributed by atoms with van der Waals surface area (Å²) >= 11 is 0. The standard InChI is InChI=1S/C33H30F6O2/c34-32(35,36)40-30-20-16-28(17-21-30)26-12-8-24(9-13-26)6-4-2-1-3-5-7-25-10-14-27(15-11-25)29-18-22-31(23-19-29)41-33(37,38)39/h8-23H,1-7H2. The number of halogens is 6. The van der Waals surface area contributed by atoms with Crippen LogP contribution in [0, 0.1) is 0 Å². The lowest BCUT2D eigenvalue weighted by Gasteiger charge is -2.10. The first-order chi connectivity index (χ1) is 19.5. The van der Waals surface area contributed by atoms with Crippen molar-refractivity contribution in [1.82, 2.24) is 0 Å². The van der Waals surface area contributed by atoms with Gasteiger partial charge in [0.25, 0.3) is 0 Å². The molecule has 4 rings (SSSR count). The van der Waals surface area contributed by atoms with E-state index in [2.05, 4.69) is 33.7 Å². The first-order valence-corrected chi connectivity index (χ1v) is 13.4. The van der Waals surface area contributed by atoms with Gasteiger partial charge in [0.1, 0.15) is 11.5 Å². The van der Waals surface area contributed by atoms with Crippen molar-refractivity contribution in [2.75, 3.05) is 0 Å². The second-order valence-electron chi connectivity index (χ2n) is 9.81. The highest BCUT2D eigenvalue weighted by Crippen LogP contribution is 2.28. The Bertz CT molecular complexity index is 1240. The Morgan fingerprint density at radius 1 is 0.366 bits per heavy atom. The largest absolute Gasteiger partial charge is 0.573 e. The molecule has 0 fully saturated rings. The summed E-state index contributed by atoms with van der Waals surface area (Å²) in [4.78, 5) is 0. The molecule has 0 amide bonds. The maximum absolute atomic E-state index is 12.3. The van der Waals surface area contributed by atoms with Crippen LogP contribution in [-0.4, -0.2) is 12.7 Å². The molecule has 0 bridgehead atoms. The summed E-state index contributed by atoms with van der Waals surface area (Å²) in [5.41, 5.74) is 5.99. The molecule has 0 heterocycles. The van der Waals surface area contributed by atoms with E-state index >= 15 is 0 Å². The maximum atomic E-state index is 12.3. The van der Waals surface area contributed by atoms with E-state index in [4.69, 9.17) is 0 Å². The van der Waals surface area contributed by atoms with Gasteiger partial charge in [0.05, 0.1) is 0 Å². The second-order valence-corrected chi connectivity index (χ2v) is 9.81. The van der Waals surface area contributed by atoms with Crippen molar-refractivity contribution in [2.24, 2.45) is 0 Å². The molecular formula is C33H30F6O2. The van der Waals surface area contributed by atoms with Gasteiger partial charge in [-0.1, -0.05) is 92.1 Å². The molecule has 4 aromatic rings. The molecule has 216 valence electrons. The number of rotatable bonds is 12. The Hall–Kier alpha value is -3.94. The van der Waals surface area contributed by atoms with Gasteiger partial charge in [0, 0.05) is 0 Å². The van der Waals surface area contributed by atoms with Crippen molar-refractivity contribution in [3.63, 3.8) is 0 Å². The lowest BCUT2D eigenvalue weighted by molar-refractivity contribution is -0.275. The van der Waals surface area contributed by atoms with Crippen LogP contribution in [0.5, 0.6) is 11.5 Å². The third kappa shape index (κ3) is 10.2. The van der Waals surface area contributed by atoms with Crippen LogP contribution in [0.25, 0.3) is 22.3 Å². The van der Waals surface area contributed by atoms with E-state index in [0.717, 1.165) is 67.2 Å². The van der Waals surface area contributed by atoms with Crippen molar-refractivity contribution in [1.29, 1.82) is 0 Å². The molecule has 0 aliphatic carbocycles. The molecule has 0 atom stereocenters. The van der Waals surface area contributed by atoms with E-state index in [9.17, 15) is 26.3 Å². The van der Waals surface area contributed by atoms with Gasteiger partial charge in [-0.2, -0.15) is 0 Å². The summed E-state index contributed by atoms with van der Waals surface area (Å²) in [6.45, 7) is 0. The van der Waals surface area contributed by atoms with Crippen LogP contribution >= 0.6 is 0 Å². The summed E-state index contributed by atoms with van der Waals surface area (Å²) in [6.07, 6.45) is -1.85. The quantitative estimate of drug-likeness (QED) is 0.124. The highest BCUT2D eigenvalue weighted by atomic mass is 19.4. The van der Waals surface area contributed by atoms with Crippen molar-refractivity contribution in [3.8, 4) is 33.8 Å². The fraction of sp³-hybridized carbons (Fsp3) is 0.273. The van der Waals surface area contributed by atoms with Gasteiger partial charge >= 0.3 is 12.7 Å². The van der Waals surface area contributed by atoms with Crippen LogP contribution in [0.15, 0.2) is 97.1 Å². The number of hydrogen-bond donors (Lipinski definition) is 0. The molecule has 0 radical (unpaired) electrons. The van der Waals surface area contributed by atoms with E-state index in [1.807, 2.05) is 24.3 Å². The minimum atomic E-state index is -4.70. The van der Waals surface area contributed by atoms with Crippen molar-refractivity contribution in [2.45, 2.75) is 57.7 Å². The van der Waals surface area contributed by atoms with E-state index in [-0.39, 0.29) is 11.5 Å². The molecule has 0 spiro atoms. The Labute approximate surface area is 235 Å². The van der Waals surface area contributed by atoms with E-state index in [1.54, 1.807) is 24.3 Å². The SMILES string of the molecule is FC(F)(F)Oc1ccc(-c2ccc(CCCCCCCc3ccc(-c4ccc(OC(F)(F)F)cc4)cc3)cc2)cc1. The first kappa shape index (κ1) is 30.0. The fourth-order valence-electron chi connectivity index (χ4n) is 4.61. The fourth-order valence-corrected chi connectivity index (χ4v) is 4.61. The molecular weight excluding hydrogens is 542 g/mol. The van der Waals surface area contributed by atoms with E-state index < -0.39 is 12.7 Å². The molecule has 0 saturated carbocycles. The van der Waals surface area contributed by atoms with Gasteiger partial charge in [-0.15, -0.1) is 26.3 Å². The van der Waals surface area contributed by atoms with Crippen LogP contribution in [-0.2, 0) is 12.8 Å².